The molecule has 0 aromatic heterocycles. The molecule has 0 bridgehead atoms. The summed E-state index contributed by atoms with van der Waals surface area (Å²) in [5, 5.41) is 10.6. The Labute approximate surface area is 126 Å². The van der Waals surface area contributed by atoms with Crippen molar-refractivity contribution in [2.45, 2.75) is 12.3 Å². The quantitative estimate of drug-likeness (QED) is 0.904. The number of hydrogen-bond acceptors (Lipinski definition) is 2. The third-order valence-electron chi connectivity index (χ3n) is 3.07. The molecule has 5 heteroatoms. The third-order valence-corrected chi connectivity index (χ3v) is 3.88. The maximum Gasteiger partial charge on any atom is 0.218 e. The first kappa shape index (κ1) is 14.7. The largest absolute Gasteiger partial charge is 0.508 e. The van der Waals surface area contributed by atoms with Gasteiger partial charge in [-0.1, -0.05) is 53.5 Å². The van der Waals surface area contributed by atoms with E-state index in [4.69, 9.17) is 28.9 Å². The summed E-state index contributed by atoms with van der Waals surface area (Å²) in [5.74, 6) is -0.913. The molecule has 20 heavy (non-hydrogen) atoms. The smallest absolute Gasteiger partial charge is 0.218 e. The molecule has 2 aromatic carbocycles. The van der Waals surface area contributed by atoms with E-state index in [1.54, 1.807) is 0 Å². The highest BCUT2D eigenvalue weighted by molar-refractivity contribution is 6.42. The molecule has 0 radical (unpaired) electrons. The Bertz CT molecular complexity index is 629. The zero-order chi connectivity index (χ0) is 14.7. The average Bonchev–Trinajstić information content (AvgIpc) is 2.43. The molecule has 2 aromatic rings. The Morgan fingerprint density at radius 1 is 1.15 bits per heavy atom. The fourth-order valence-electron chi connectivity index (χ4n) is 2.16. The van der Waals surface area contributed by atoms with E-state index < -0.39 is 11.8 Å². The highest BCUT2D eigenvalue weighted by Gasteiger charge is 2.24. The number of halogens is 2. The van der Waals surface area contributed by atoms with Crippen molar-refractivity contribution in [3.8, 4) is 5.75 Å². The van der Waals surface area contributed by atoms with Crippen LogP contribution in [0.25, 0.3) is 0 Å². The second-order valence-electron chi connectivity index (χ2n) is 4.43. The van der Waals surface area contributed by atoms with Crippen molar-refractivity contribution in [1.82, 2.24) is 0 Å². The van der Waals surface area contributed by atoms with Crippen molar-refractivity contribution in [1.29, 1.82) is 0 Å². The van der Waals surface area contributed by atoms with Gasteiger partial charge in [0, 0.05) is 17.9 Å². The number of primary amides is 1. The molecule has 0 saturated heterocycles. The fraction of sp³-hybridized carbons (Fsp3) is 0.133. The molecule has 0 fully saturated rings. The van der Waals surface area contributed by atoms with Gasteiger partial charge in [0.25, 0.3) is 0 Å². The van der Waals surface area contributed by atoms with Crippen molar-refractivity contribution < 1.29 is 9.90 Å². The Kier molecular flexibility index (Phi) is 4.53. The lowest BCUT2D eigenvalue weighted by Crippen LogP contribution is -2.16. The fourth-order valence-corrected chi connectivity index (χ4v) is 2.62. The minimum Gasteiger partial charge on any atom is -0.508 e. The predicted octanol–water partition coefficient (Wildman–Crippen LogP) is 3.71. The number of benzene rings is 2. The Morgan fingerprint density at radius 2 is 1.80 bits per heavy atom. The first-order valence-corrected chi connectivity index (χ1v) is 6.76. The van der Waals surface area contributed by atoms with Gasteiger partial charge in [0.1, 0.15) is 5.75 Å². The van der Waals surface area contributed by atoms with Gasteiger partial charge in [-0.2, -0.15) is 0 Å². The van der Waals surface area contributed by atoms with E-state index in [1.807, 2.05) is 30.3 Å². The van der Waals surface area contributed by atoms with Gasteiger partial charge in [0.05, 0.1) is 10.0 Å². The highest BCUT2D eigenvalue weighted by Crippen LogP contribution is 2.41. The number of rotatable bonds is 4. The van der Waals surface area contributed by atoms with Crippen LogP contribution in [0.3, 0.4) is 0 Å². The van der Waals surface area contributed by atoms with Crippen molar-refractivity contribution in [3.05, 3.63) is 63.6 Å². The van der Waals surface area contributed by atoms with Crippen LogP contribution < -0.4 is 5.73 Å². The summed E-state index contributed by atoms with van der Waals surface area (Å²) in [6.07, 6.45) is 0.0393. The number of aromatic hydroxyl groups is 1. The molecular formula is C15H13Cl2NO2. The van der Waals surface area contributed by atoms with E-state index >= 15 is 0 Å². The van der Waals surface area contributed by atoms with Gasteiger partial charge in [-0.15, -0.1) is 0 Å². The normalized spacial score (nSPS) is 12.1. The molecule has 0 aliphatic carbocycles. The summed E-state index contributed by atoms with van der Waals surface area (Å²) >= 11 is 12.2. The summed E-state index contributed by atoms with van der Waals surface area (Å²) in [6.45, 7) is 0. The molecular weight excluding hydrogens is 297 g/mol. The molecule has 1 atom stereocenters. The number of carbonyl (C=O) groups excluding carboxylic acids is 1. The van der Waals surface area contributed by atoms with E-state index in [0.29, 0.717) is 10.6 Å². The topological polar surface area (TPSA) is 63.3 Å². The number of hydrogen-bond donors (Lipinski definition) is 2. The van der Waals surface area contributed by atoms with Gasteiger partial charge < -0.3 is 10.8 Å². The van der Waals surface area contributed by atoms with Crippen LogP contribution in [0.5, 0.6) is 5.75 Å². The van der Waals surface area contributed by atoms with Crippen molar-refractivity contribution in [2.24, 2.45) is 5.73 Å². The van der Waals surface area contributed by atoms with Crippen molar-refractivity contribution in [2.75, 3.05) is 0 Å². The number of phenolic OH excluding ortho intramolecular Hbond substituents is 1. The number of amides is 1. The number of phenols is 1. The van der Waals surface area contributed by atoms with Crippen LogP contribution in [-0.4, -0.2) is 11.0 Å². The number of carbonyl (C=O) groups is 1. The summed E-state index contributed by atoms with van der Waals surface area (Å²) in [6, 6.07) is 12.2. The highest BCUT2D eigenvalue weighted by atomic mass is 35.5. The van der Waals surface area contributed by atoms with Crippen LogP contribution in [0.1, 0.15) is 23.5 Å². The molecule has 3 N–H and O–H groups in total. The molecule has 0 spiro atoms. The van der Waals surface area contributed by atoms with Crippen LogP contribution in [0, 0.1) is 0 Å². The van der Waals surface area contributed by atoms with Crippen LogP contribution in [0.15, 0.2) is 42.5 Å². The monoisotopic (exact) mass is 309 g/mol. The van der Waals surface area contributed by atoms with E-state index in [9.17, 15) is 9.90 Å². The second kappa shape index (κ2) is 6.16. The van der Waals surface area contributed by atoms with Gasteiger partial charge >= 0.3 is 0 Å². The SMILES string of the molecule is NC(=O)CC(c1ccccc1)c1c(O)ccc(Cl)c1Cl. The minimum atomic E-state index is -0.478. The van der Waals surface area contributed by atoms with Gasteiger partial charge in [-0.3, -0.25) is 4.79 Å². The molecule has 2 rings (SSSR count). The zero-order valence-electron chi connectivity index (χ0n) is 10.5. The predicted molar refractivity (Wildman–Crippen MR) is 80.2 cm³/mol. The molecule has 0 aliphatic heterocycles. The van der Waals surface area contributed by atoms with E-state index in [1.165, 1.54) is 12.1 Å². The van der Waals surface area contributed by atoms with Gasteiger partial charge in [0.2, 0.25) is 5.91 Å². The molecule has 1 unspecified atom stereocenters. The minimum absolute atomic E-state index is 0.00509. The van der Waals surface area contributed by atoms with Gasteiger partial charge in [-0.25, -0.2) is 0 Å². The first-order chi connectivity index (χ1) is 9.50. The molecule has 3 nitrogen and oxygen atoms in total. The zero-order valence-corrected chi connectivity index (χ0v) is 12.0. The Hall–Kier alpha value is -1.71. The molecule has 104 valence electrons. The lowest BCUT2D eigenvalue weighted by Gasteiger charge is -2.19. The van der Waals surface area contributed by atoms with Crippen LogP contribution in [0.4, 0.5) is 0 Å². The maximum atomic E-state index is 11.3. The van der Waals surface area contributed by atoms with E-state index in [2.05, 4.69) is 0 Å². The first-order valence-electron chi connectivity index (χ1n) is 6.00. The van der Waals surface area contributed by atoms with Crippen LogP contribution in [-0.2, 0) is 4.79 Å². The van der Waals surface area contributed by atoms with Crippen molar-refractivity contribution in [3.63, 3.8) is 0 Å². The van der Waals surface area contributed by atoms with E-state index in [-0.39, 0.29) is 17.2 Å². The van der Waals surface area contributed by atoms with Gasteiger partial charge in [0.15, 0.2) is 0 Å². The summed E-state index contributed by atoms with van der Waals surface area (Å²) in [5.41, 5.74) is 6.57. The van der Waals surface area contributed by atoms with Crippen molar-refractivity contribution >= 4 is 29.1 Å². The van der Waals surface area contributed by atoms with E-state index in [0.717, 1.165) is 5.56 Å². The standard InChI is InChI=1S/C15H13Cl2NO2/c16-11-6-7-12(19)14(15(11)17)10(8-13(18)20)9-4-2-1-3-5-9/h1-7,10,19H,8H2,(H2,18,20). The summed E-state index contributed by atoms with van der Waals surface area (Å²) in [7, 11) is 0. The molecule has 0 heterocycles. The third kappa shape index (κ3) is 3.06. The molecule has 0 aliphatic rings. The summed E-state index contributed by atoms with van der Waals surface area (Å²) in [4.78, 5) is 11.3. The lowest BCUT2D eigenvalue weighted by atomic mass is 9.87. The molecule has 1 amide bonds. The molecule has 0 saturated carbocycles. The second-order valence-corrected chi connectivity index (χ2v) is 5.21. The summed E-state index contributed by atoms with van der Waals surface area (Å²) < 4.78 is 0. The maximum absolute atomic E-state index is 11.3. The average molecular weight is 310 g/mol. The van der Waals surface area contributed by atoms with Crippen LogP contribution >= 0.6 is 23.2 Å². The number of nitrogens with two attached hydrogens (primary N) is 1. The Morgan fingerprint density at radius 3 is 2.40 bits per heavy atom. The Balaban J connectivity index is 2.58. The van der Waals surface area contributed by atoms with Gasteiger partial charge in [-0.05, 0) is 17.7 Å². The van der Waals surface area contributed by atoms with Crippen LogP contribution in [0.2, 0.25) is 10.0 Å². The lowest BCUT2D eigenvalue weighted by molar-refractivity contribution is -0.118.